The number of nitrogens with zero attached hydrogens (tertiary/aromatic N) is 4. The topological polar surface area (TPSA) is 529 Å². The van der Waals surface area contributed by atoms with E-state index in [9.17, 15) is 78.3 Å². The van der Waals surface area contributed by atoms with Gasteiger partial charge in [-0.3, -0.25) is 74.4 Å². The van der Waals surface area contributed by atoms with Crippen molar-refractivity contribution in [1.82, 2.24) is 38.2 Å². The van der Waals surface area contributed by atoms with Gasteiger partial charge in [-0.05, 0) is 24.3 Å². The number of rotatable bonds is 16. The van der Waals surface area contributed by atoms with E-state index >= 15 is 17.6 Å². The number of alkyl halides is 4. The van der Waals surface area contributed by atoms with Crippen molar-refractivity contribution in [1.29, 1.82) is 0 Å². The lowest BCUT2D eigenvalue weighted by Gasteiger charge is -2.28. The van der Waals surface area contributed by atoms with Crippen LogP contribution in [0.4, 0.5) is 17.6 Å². The van der Waals surface area contributed by atoms with Gasteiger partial charge in [0.2, 0.25) is 0 Å². The summed E-state index contributed by atoms with van der Waals surface area (Å²) in [4.78, 5) is 57.8. The second-order valence-electron chi connectivity index (χ2n) is 26.4. The van der Waals surface area contributed by atoms with Crippen LogP contribution < -0.4 is 40.9 Å². The Morgan fingerprint density at radius 1 is 0.403 bits per heavy atom. The average molecular weight is 1890 g/mol. The Labute approximate surface area is 722 Å². The number of para-hydroxylation sites is 4. The van der Waals surface area contributed by atoms with Crippen molar-refractivity contribution in [3.63, 3.8) is 0 Å². The van der Waals surface area contributed by atoms with E-state index in [1.165, 1.54) is 30.3 Å². The maximum Gasteiger partial charge on any atom is 0.530 e. The number of phosphoric ester groups is 4. The minimum Gasteiger partial charge on any atom is -0.404 e. The van der Waals surface area contributed by atoms with Gasteiger partial charge >= 0.3 is 54.0 Å². The summed E-state index contributed by atoms with van der Waals surface area (Å²) in [6.07, 6.45) is -3.59. The van der Waals surface area contributed by atoms with Crippen LogP contribution in [0.25, 0.3) is 0 Å². The van der Waals surface area contributed by atoms with Crippen molar-refractivity contribution in [3.8, 4) is 72.4 Å². The number of aromatic nitrogens is 8. The molecule has 8 aliphatic rings. The third-order valence-electron chi connectivity index (χ3n) is 18.3. The standard InChI is InChI=1S/4C18H16FN2O8PS/c4*1-2-10-7-21(17(24)20-15(10)31)16-13(22)14(23)18(19,28-16)9-27-30(25)26-8-11-5-3-4-6-12(11)29-30/h4*1,3-7,13-14,16,22-23H,8-9H2,(H,20,24,31)/t4*13-,14+,16-,18-,30?/m1111/s1/i9D2,16D;16D;9D2;. The molecule has 12 N–H and O–H groups in total. The SMILES string of the molecule is C#Cc1cn([C@@H]2O[C@](F)(COP3(=O)OCc4ccccc4O3)[C@@H](O)[C@H]2O)c(=O)[nH]c1=S.[2H]C([2H])(OP1(=O)OCc2ccccc2O1)[C@@]1(F)O[C@@H](n2cc(C#C)c(=S)[nH]c2=O)[C@H](O)[C@@H]1O.[2H]C([2H])(OP1(=O)OCc2ccccc2O1)[C@@]1(F)O[C@@]([2H])(n2cc(C#C)c(=S)[nH]c2=O)[C@H](O)[C@@H]1O.[2H][C@@]1(n2cc(C#C)c(=S)[nH]c2=O)O[C@](F)(COP2(=O)OCc3ccccc3O2)[C@@H](O)[C@H]1O. The van der Waals surface area contributed by atoms with Gasteiger partial charge in [0, 0.05) is 47.0 Å². The molecule has 12 heterocycles. The number of H-pyrrole nitrogens is 4. The Kier molecular flexibility index (Phi) is 24.7. The Bertz CT molecular complexity index is 6760. The van der Waals surface area contributed by atoms with Crippen molar-refractivity contribution in [3.05, 3.63) is 227 Å². The highest BCUT2D eigenvalue weighted by Gasteiger charge is 2.62. The molecule has 4 saturated heterocycles. The first-order valence-electron chi connectivity index (χ1n) is 37.9. The molecule has 0 radical (unpaired) electrons. The number of aromatic amines is 4. The van der Waals surface area contributed by atoms with Gasteiger partial charge in [-0.2, -0.15) is 0 Å². The van der Waals surface area contributed by atoms with Gasteiger partial charge in [-0.1, -0.05) is 145 Å². The number of phosphoric acid groups is 4. The van der Waals surface area contributed by atoms with Crippen LogP contribution in [-0.2, 0) is 99.8 Å². The second kappa shape index (κ2) is 36.5. The number of ether oxygens (including phenoxy) is 4. The summed E-state index contributed by atoms with van der Waals surface area (Å²) in [6.45, 7) is -10.8. The molecule has 20 atom stereocenters. The van der Waals surface area contributed by atoms with Crippen LogP contribution in [0.1, 0.15) is 77.6 Å². The van der Waals surface area contributed by atoms with Crippen LogP contribution in [0.5, 0.6) is 23.0 Å². The maximum absolute atomic E-state index is 15.9. The highest BCUT2D eigenvalue weighted by atomic mass is 32.1. The van der Waals surface area contributed by atoms with E-state index in [4.69, 9.17) is 156 Å². The Hall–Kier alpha value is -9.44. The number of fused-ring (bicyclic) bond motifs is 4. The number of aliphatic hydroxyl groups excluding tert-OH is 8. The lowest BCUT2D eigenvalue weighted by Crippen LogP contribution is -2.43. The van der Waals surface area contributed by atoms with E-state index in [0.29, 0.717) is 31.4 Å². The van der Waals surface area contributed by atoms with Crippen LogP contribution in [0.15, 0.2) is 141 Å². The molecule has 52 heteroatoms. The van der Waals surface area contributed by atoms with Crippen molar-refractivity contribution >= 4 is 80.2 Å². The predicted octanol–water partition coefficient (Wildman–Crippen LogP) is 6.15. The zero-order valence-corrected chi connectivity index (χ0v) is 68.8. The summed E-state index contributed by atoms with van der Waals surface area (Å²) >= 11 is 19.5. The van der Waals surface area contributed by atoms with Gasteiger partial charge in [0.05, 0.1) is 56.9 Å². The fraction of sp³-hybridized carbons (Fsp3) is 0.333. The number of aliphatic hydroxyl groups is 8. The summed E-state index contributed by atoms with van der Waals surface area (Å²) in [6, 6.07) is 25.5. The fourth-order valence-electron chi connectivity index (χ4n) is 11.8. The van der Waals surface area contributed by atoms with Crippen molar-refractivity contribution < 1.29 is 158 Å². The normalized spacial score (nSPS) is 34.3. The minimum atomic E-state index is -4.82. The molecule has 0 aliphatic carbocycles. The van der Waals surface area contributed by atoms with Crippen LogP contribution in [0, 0.1) is 67.9 Å². The summed E-state index contributed by atoms with van der Waals surface area (Å²) in [7, 11) is -18.1. The lowest BCUT2D eigenvalue weighted by molar-refractivity contribution is -0.205. The fourth-order valence-corrected chi connectivity index (χ4v) is 17.2. The summed E-state index contributed by atoms with van der Waals surface area (Å²) in [5, 5.41) is 82.5. The largest absolute Gasteiger partial charge is 0.530 e. The Morgan fingerprint density at radius 2 is 0.645 bits per heavy atom. The molecule has 0 spiro atoms. The molecule has 4 fully saturated rings. The van der Waals surface area contributed by atoms with Crippen LogP contribution >= 0.6 is 80.2 Å². The minimum absolute atomic E-state index is 0.0161. The van der Waals surface area contributed by atoms with E-state index in [1.807, 2.05) is 0 Å². The molecule has 4 aromatic heterocycles. The summed E-state index contributed by atoms with van der Waals surface area (Å²) < 4.78 is 244. The first-order chi connectivity index (χ1) is 60.8. The molecule has 0 amide bonds. The van der Waals surface area contributed by atoms with Crippen molar-refractivity contribution in [2.45, 2.75) is 124 Å². The summed E-state index contributed by atoms with van der Waals surface area (Å²) in [5.74, 6) is -4.98. The Balaban J connectivity index is 0.000000148. The van der Waals surface area contributed by atoms with Crippen LogP contribution in [-0.4, -0.2) is 178 Å². The van der Waals surface area contributed by atoms with E-state index in [-0.39, 0.29) is 94.8 Å². The van der Waals surface area contributed by atoms with Gasteiger partial charge in [0.25, 0.3) is 23.4 Å². The quantitative estimate of drug-likeness (QED) is 0.0223. The zero-order chi connectivity index (χ0) is 95.0. The third kappa shape index (κ3) is 19.1. The monoisotopic (exact) mass is 1890 g/mol. The molecule has 656 valence electrons. The number of nitrogens with one attached hydrogen (secondary N) is 4. The molecular formula is C72H64F4N8O32P4S4. The zero-order valence-electron chi connectivity index (χ0n) is 68.0. The van der Waals surface area contributed by atoms with E-state index < -0.39 is 177 Å². The van der Waals surface area contributed by atoms with Crippen LogP contribution in [0.2, 0.25) is 0 Å². The molecular weight excluding hydrogens is 1820 g/mol. The highest BCUT2D eigenvalue weighted by molar-refractivity contribution is 7.72. The van der Waals surface area contributed by atoms with E-state index in [1.54, 1.807) is 66.7 Å². The summed E-state index contributed by atoms with van der Waals surface area (Å²) in [5.41, 5.74) is -2.05. The van der Waals surface area contributed by atoms with Crippen LogP contribution in [0.3, 0.4) is 0 Å². The smallest absolute Gasteiger partial charge is 0.404 e. The number of terminal acetylenes is 4. The predicted molar refractivity (Wildman–Crippen MR) is 421 cm³/mol. The van der Waals surface area contributed by atoms with Gasteiger partial charge in [-0.15, -0.1) is 25.7 Å². The molecule has 8 aromatic rings. The molecule has 124 heavy (non-hydrogen) atoms. The first kappa shape index (κ1) is 84.1. The Morgan fingerprint density at radius 3 is 0.968 bits per heavy atom. The molecule has 8 aliphatic heterocycles. The molecule has 4 unspecified atom stereocenters. The number of hydrogen-bond donors (Lipinski definition) is 12. The number of benzene rings is 4. The van der Waals surface area contributed by atoms with Gasteiger partial charge in [0.1, 0.15) is 117 Å². The number of hydrogen-bond acceptors (Lipinski definition) is 36. The maximum atomic E-state index is 15.9. The molecule has 0 bridgehead atoms. The highest BCUT2D eigenvalue weighted by Crippen LogP contribution is 2.60. The van der Waals surface area contributed by atoms with Crippen molar-refractivity contribution in [2.75, 3.05) is 26.3 Å². The average Bonchev–Trinajstić information content (AvgIpc) is 1.55. The van der Waals surface area contributed by atoms with Gasteiger partial charge in [-0.25, -0.2) is 55.0 Å². The molecule has 16 rings (SSSR count). The second-order valence-corrected chi connectivity index (χ2v) is 34.2. The van der Waals surface area contributed by atoms with Gasteiger partial charge in [0.15, 0.2) is 24.9 Å². The molecule has 40 nitrogen and oxygen atoms in total. The van der Waals surface area contributed by atoms with E-state index in [0.717, 1.165) is 29.4 Å². The van der Waals surface area contributed by atoms with Gasteiger partial charge < -0.3 is 77.9 Å². The van der Waals surface area contributed by atoms with E-state index in [2.05, 4.69) is 43.6 Å². The van der Waals surface area contributed by atoms with Crippen molar-refractivity contribution in [2.24, 2.45) is 0 Å². The first-order valence-corrected chi connectivity index (χ1v) is 42.4. The lowest BCUT2D eigenvalue weighted by atomic mass is 10.1. The molecule has 0 saturated carbocycles. The molecule has 4 aromatic carbocycles. The number of halogens is 4. The third-order valence-corrected chi connectivity index (χ3v) is 24.5.